The Balaban J connectivity index is 1.66. The van der Waals surface area contributed by atoms with Crippen molar-refractivity contribution >= 4 is 12.8 Å². The van der Waals surface area contributed by atoms with Crippen molar-refractivity contribution in [2.45, 2.75) is 0 Å². The Morgan fingerprint density at radius 1 is 0.655 bits per heavy atom. The molecule has 0 atom stereocenters. The molecule has 0 bridgehead atoms. The molecule has 0 aliphatic heterocycles. The van der Waals surface area contributed by atoms with Gasteiger partial charge in [-0.2, -0.15) is 0 Å². The number of nitrogens with zero attached hydrogens (tertiary/aromatic N) is 1. The van der Waals surface area contributed by atoms with Crippen LogP contribution in [0.3, 0.4) is 0 Å². The van der Waals surface area contributed by atoms with Crippen molar-refractivity contribution in [3.05, 3.63) is 95.0 Å². The zero-order valence-electron chi connectivity index (χ0n) is 15.5. The minimum Gasteiger partial charge on any atom is -0.486 e. The molecule has 29 heavy (non-hydrogen) atoms. The summed E-state index contributed by atoms with van der Waals surface area (Å²) < 4.78 is 30.4. The van der Waals surface area contributed by atoms with Crippen molar-refractivity contribution in [2.75, 3.05) is 19.0 Å². The molecule has 3 rings (SSSR count). The molecule has 0 heterocycles. The zero-order chi connectivity index (χ0) is 20.5. The maximum atomic E-state index is 13.4. The molecule has 150 valence electrons. The summed E-state index contributed by atoms with van der Waals surface area (Å²) in [6.45, 7) is 0. The van der Waals surface area contributed by atoms with E-state index < -0.39 is 12.1 Å². The van der Waals surface area contributed by atoms with E-state index in [1.54, 1.807) is 24.3 Å². The van der Waals surface area contributed by atoms with Gasteiger partial charge in [0.15, 0.2) is 7.14 Å². The van der Waals surface area contributed by atoms with Crippen LogP contribution in [0.2, 0.25) is 0 Å². The number of hydrogen-bond donors (Lipinski definition) is 0. The summed E-state index contributed by atoms with van der Waals surface area (Å²) in [5.74, 6) is 1.58. The summed E-state index contributed by atoms with van der Waals surface area (Å²) in [7, 11) is -3.05. The molecule has 0 fully saturated rings. The smallest absolute Gasteiger partial charge is 0.269 e. The van der Waals surface area contributed by atoms with E-state index in [4.69, 9.17) is 14.2 Å². The highest BCUT2D eigenvalue weighted by Crippen LogP contribution is 2.46. The van der Waals surface area contributed by atoms with Crippen LogP contribution in [0.5, 0.6) is 17.2 Å². The first-order chi connectivity index (χ1) is 14.0. The molecule has 3 aromatic carbocycles. The zero-order valence-corrected chi connectivity index (χ0v) is 16.4. The summed E-state index contributed by atoms with van der Waals surface area (Å²) in [5.41, 5.74) is -0.0413. The molecule has 0 spiro atoms. The van der Waals surface area contributed by atoms with Gasteiger partial charge in [-0.3, -0.25) is 10.1 Å². The topological polar surface area (TPSA) is 87.9 Å². The number of nitro benzene ring substituents is 1. The van der Waals surface area contributed by atoms with Crippen LogP contribution >= 0.6 is 7.14 Å². The monoisotopic (exact) mass is 413 g/mol. The van der Waals surface area contributed by atoms with Gasteiger partial charge in [-0.1, -0.05) is 36.4 Å². The first-order valence-electron chi connectivity index (χ1n) is 8.84. The van der Waals surface area contributed by atoms with Gasteiger partial charge in [0.2, 0.25) is 0 Å². The van der Waals surface area contributed by atoms with Crippen LogP contribution < -0.4 is 14.2 Å². The van der Waals surface area contributed by atoms with Gasteiger partial charge in [0.05, 0.1) is 4.92 Å². The number of nitro groups is 1. The van der Waals surface area contributed by atoms with E-state index in [2.05, 4.69) is 0 Å². The van der Waals surface area contributed by atoms with E-state index in [-0.39, 0.29) is 24.7 Å². The molecule has 0 aliphatic carbocycles. The van der Waals surface area contributed by atoms with Gasteiger partial charge in [0.25, 0.3) is 5.69 Å². The van der Waals surface area contributed by atoms with Gasteiger partial charge in [-0.25, -0.2) is 0 Å². The maximum absolute atomic E-state index is 13.4. The fraction of sp³-hybridized carbons (Fsp3) is 0.143. The largest absolute Gasteiger partial charge is 0.486 e. The Hall–Kier alpha value is -3.31. The van der Waals surface area contributed by atoms with Gasteiger partial charge < -0.3 is 18.8 Å². The number of hydrogen-bond acceptors (Lipinski definition) is 6. The molecule has 3 aromatic rings. The Kier molecular flexibility index (Phi) is 6.87. The average Bonchev–Trinajstić information content (AvgIpc) is 2.77. The lowest BCUT2D eigenvalue weighted by molar-refractivity contribution is -0.384. The summed E-state index contributed by atoms with van der Waals surface area (Å²) in [6.07, 6.45) is -0.238. The highest BCUT2D eigenvalue weighted by Gasteiger charge is 2.26. The number of benzene rings is 3. The van der Waals surface area contributed by atoms with Gasteiger partial charge in [-0.05, 0) is 36.4 Å². The molecular formula is C21H20NO6P. The first kappa shape index (κ1) is 20.4. The van der Waals surface area contributed by atoms with Crippen LogP contribution in [0.15, 0.2) is 84.9 Å². The molecule has 7 nitrogen and oxygen atoms in total. The summed E-state index contributed by atoms with van der Waals surface area (Å²) >= 11 is 0. The predicted molar refractivity (Wildman–Crippen MR) is 110 cm³/mol. The van der Waals surface area contributed by atoms with Crippen molar-refractivity contribution in [3.8, 4) is 17.2 Å². The van der Waals surface area contributed by atoms with Crippen LogP contribution in [0.1, 0.15) is 0 Å². The molecule has 0 aromatic heterocycles. The number of para-hydroxylation sites is 2. The lowest BCUT2D eigenvalue weighted by atomic mass is 10.3. The van der Waals surface area contributed by atoms with Crippen molar-refractivity contribution < 1.29 is 23.7 Å². The van der Waals surface area contributed by atoms with E-state index in [0.717, 1.165) is 0 Å². The Labute approximate surface area is 168 Å². The lowest BCUT2D eigenvalue weighted by Crippen LogP contribution is -2.13. The second-order valence-corrected chi connectivity index (χ2v) is 9.15. The quantitative estimate of drug-likeness (QED) is 0.252. The van der Waals surface area contributed by atoms with Crippen LogP contribution in [-0.4, -0.2) is 24.0 Å². The fourth-order valence-corrected chi connectivity index (χ4v) is 3.76. The van der Waals surface area contributed by atoms with Crippen molar-refractivity contribution in [1.29, 1.82) is 0 Å². The Morgan fingerprint density at radius 2 is 1.03 bits per heavy atom. The SMILES string of the molecule is O=[N+]([O-])c1ccc(OCP(=O)(COc2ccccc2)COc2ccccc2)cc1. The highest BCUT2D eigenvalue weighted by atomic mass is 31.2. The van der Waals surface area contributed by atoms with Crippen molar-refractivity contribution in [3.63, 3.8) is 0 Å². The van der Waals surface area contributed by atoms with Gasteiger partial charge in [-0.15, -0.1) is 0 Å². The average molecular weight is 413 g/mol. The van der Waals surface area contributed by atoms with Crippen molar-refractivity contribution in [1.82, 2.24) is 0 Å². The van der Waals surface area contributed by atoms with E-state index in [0.29, 0.717) is 17.2 Å². The standard InChI is InChI=1S/C21H20NO6P/c23-22(24)18-11-13-21(14-12-18)28-17-29(25,15-26-19-7-3-1-4-8-19)16-27-20-9-5-2-6-10-20/h1-14H,15-17H2. The molecule has 0 unspecified atom stereocenters. The normalized spacial score (nSPS) is 10.9. The van der Waals surface area contributed by atoms with E-state index in [9.17, 15) is 14.7 Å². The van der Waals surface area contributed by atoms with Gasteiger partial charge in [0, 0.05) is 12.1 Å². The van der Waals surface area contributed by atoms with E-state index in [1.165, 1.54) is 24.3 Å². The minimum atomic E-state index is -3.05. The molecule has 0 amide bonds. The number of rotatable bonds is 10. The Bertz CT molecular complexity index is 916. The van der Waals surface area contributed by atoms with E-state index >= 15 is 0 Å². The van der Waals surface area contributed by atoms with Crippen LogP contribution in [-0.2, 0) is 4.57 Å². The Morgan fingerprint density at radius 3 is 1.41 bits per heavy atom. The third-order valence-electron chi connectivity index (χ3n) is 3.93. The van der Waals surface area contributed by atoms with Gasteiger partial charge >= 0.3 is 0 Å². The first-order valence-corrected chi connectivity index (χ1v) is 11.1. The summed E-state index contributed by atoms with van der Waals surface area (Å²) in [4.78, 5) is 10.3. The van der Waals surface area contributed by atoms with Crippen LogP contribution in [0.4, 0.5) is 5.69 Å². The van der Waals surface area contributed by atoms with Crippen molar-refractivity contribution in [2.24, 2.45) is 0 Å². The second kappa shape index (κ2) is 9.75. The van der Waals surface area contributed by atoms with Crippen LogP contribution in [0, 0.1) is 10.1 Å². The van der Waals surface area contributed by atoms with Gasteiger partial charge in [0.1, 0.15) is 36.3 Å². The molecular weight excluding hydrogens is 393 g/mol. The molecule has 8 heteroatoms. The fourth-order valence-electron chi connectivity index (χ4n) is 2.39. The minimum absolute atomic E-state index is 0.0413. The lowest BCUT2D eigenvalue weighted by Gasteiger charge is -2.20. The maximum Gasteiger partial charge on any atom is 0.269 e. The third-order valence-corrected chi connectivity index (χ3v) is 5.73. The summed E-state index contributed by atoms with van der Waals surface area (Å²) in [6, 6.07) is 23.8. The highest BCUT2D eigenvalue weighted by molar-refractivity contribution is 7.63. The molecule has 0 aliphatic rings. The summed E-state index contributed by atoms with van der Waals surface area (Å²) in [5, 5.41) is 10.8. The third kappa shape index (κ3) is 6.36. The predicted octanol–water partition coefficient (Wildman–Crippen LogP) is 5.37. The number of ether oxygens (including phenoxy) is 3. The van der Waals surface area contributed by atoms with E-state index in [1.807, 2.05) is 36.4 Å². The molecule has 0 N–H and O–H groups in total. The second-order valence-electron chi connectivity index (χ2n) is 6.26. The molecule has 0 saturated heterocycles. The number of non-ortho nitro benzene ring substituents is 1. The van der Waals surface area contributed by atoms with Crippen LogP contribution in [0.25, 0.3) is 0 Å². The molecule has 0 saturated carbocycles. The molecule has 0 radical (unpaired) electrons.